The van der Waals surface area contributed by atoms with E-state index in [-0.39, 0.29) is 5.56 Å². The van der Waals surface area contributed by atoms with Crippen LogP contribution in [0, 0.1) is 0 Å². The first-order chi connectivity index (χ1) is 20.3. The molecule has 0 fully saturated rings. The molecular weight excluding hydrogens is 526 g/mol. The van der Waals surface area contributed by atoms with Gasteiger partial charge in [-0.15, -0.1) is 0 Å². The summed E-state index contributed by atoms with van der Waals surface area (Å²) in [6.45, 7) is 0. The molecule has 0 atom stereocenters. The minimum Gasteiger partial charge on any atom is -0.284 e. The maximum Gasteiger partial charge on any atom is 0.281 e. The van der Waals surface area contributed by atoms with Gasteiger partial charge in [0.1, 0.15) is 0 Å². The summed E-state index contributed by atoms with van der Waals surface area (Å²) in [6.07, 6.45) is 0. The Labute approximate surface area is 236 Å². The van der Waals surface area contributed by atoms with E-state index in [9.17, 15) is 4.79 Å². The molecule has 0 spiro atoms. The molecule has 0 bridgehead atoms. The Kier molecular flexibility index (Phi) is 4.54. The molecule has 6 nitrogen and oxygen atoms in total. The molecule has 4 aromatic heterocycles. The largest absolute Gasteiger partial charge is 0.284 e. The molecule has 0 radical (unpaired) electrons. The van der Waals surface area contributed by atoms with Gasteiger partial charge in [0.25, 0.3) is 5.56 Å². The summed E-state index contributed by atoms with van der Waals surface area (Å²) >= 11 is 1.54. The number of rotatable bonds is 2. The first-order valence-corrected chi connectivity index (χ1v) is 14.2. The zero-order valence-electron chi connectivity index (χ0n) is 21.5. The van der Waals surface area contributed by atoms with Crippen molar-refractivity contribution in [2.24, 2.45) is 0 Å². The average molecular weight is 546 g/mol. The van der Waals surface area contributed by atoms with E-state index >= 15 is 0 Å². The number of fused-ring (bicyclic) bond motifs is 10. The summed E-state index contributed by atoms with van der Waals surface area (Å²) in [6, 6.07) is 38.7. The molecule has 0 aliphatic rings. The number of hydrogen-bond acceptors (Lipinski definition) is 5. The van der Waals surface area contributed by atoms with Crippen LogP contribution in [0.15, 0.2) is 120 Å². The van der Waals surface area contributed by atoms with Crippen LogP contribution < -0.4 is 5.56 Å². The lowest BCUT2D eigenvalue weighted by atomic mass is 10.1. The summed E-state index contributed by atoms with van der Waals surface area (Å²) in [5.41, 5.74) is 6.54. The van der Waals surface area contributed by atoms with E-state index in [1.54, 1.807) is 11.3 Å². The van der Waals surface area contributed by atoms with E-state index in [1.165, 1.54) is 0 Å². The molecule has 0 aliphatic heterocycles. The molecular formula is C34H19N5OS. The highest BCUT2D eigenvalue weighted by molar-refractivity contribution is 7.24. The van der Waals surface area contributed by atoms with Crippen molar-refractivity contribution in [2.45, 2.75) is 0 Å². The third-order valence-corrected chi connectivity index (χ3v) is 8.88. The lowest BCUT2D eigenvalue weighted by Crippen LogP contribution is -2.08. The number of benzene rings is 5. The second-order valence-electron chi connectivity index (χ2n) is 10.1. The predicted octanol–water partition coefficient (Wildman–Crippen LogP) is 7.77. The van der Waals surface area contributed by atoms with Crippen LogP contribution in [0.5, 0.6) is 0 Å². The number of thiazole rings is 1. The van der Waals surface area contributed by atoms with Gasteiger partial charge in [-0.05, 0) is 36.4 Å². The van der Waals surface area contributed by atoms with Crippen molar-refractivity contribution in [3.8, 4) is 17.2 Å². The molecule has 192 valence electrons. The molecule has 9 aromatic rings. The first kappa shape index (κ1) is 22.4. The van der Waals surface area contributed by atoms with Gasteiger partial charge in [0.15, 0.2) is 4.96 Å². The third-order valence-electron chi connectivity index (χ3n) is 7.81. The summed E-state index contributed by atoms with van der Waals surface area (Å²) < 4.78 is 5.33. The van der Waals surface area contributed by atoms with E-state index in [2.05, 4.69) is 62.5 Å². The van der Waals surface area contributed by atoms with E-state index in [1.807, 2.05) is 66.7 Å². The van der Waals surface area contributed by atoms with Gasteiger partial charge in [0.2, 0.25) is 5.95 Å². The fraction of sp³-hybridized carbons (Fsp3) is 0. The Morgan fingerprint density at radius 2 is 1.24 bits per heavy atom. The Morgan fingerprint density at radius 1 is 0.561 bits per heavy atom. The normalized spacial score (nSPS) is 12.0. The Bertz CT molecular complexity index is 2560. The second-order valence-corrected chi connectivity index (χ2v) is 11.0. The lowest BCUT2D eigenvalue weighted by molar-refractivity contribution is 1.01. The van der Waals surface area contributed by atoms with Gasteiger partial charge in [0.05, 0.1) is 43.4 Å². The summed E-state index contributed by atoms with van der Waals surface area (Å²) in [7, 11) is 0. The Balaban J connectivity index is 1.43. The molecule has 0 unspecified atom stereocenters. The zero-order valence-corrected chi connectivity index (χ0v) is 22.3. The number of nitrogens with zero attached hydrogens (tertiary/aromatic N) is 5. The van der Waals surface area contributed by atoms with Crippen LogP contribution in [0.4, 0.5) is 0 Å². The molecule has 4 heterocycles. The SMILES string of the molecule is O=c1nc2sc3c4c5ccccc5n(-c5nc(-c6ccccc6)c6ccccc6n5)c4ccc3n2c2ccccc12. The van der Waals surface area contributed by atoms with Crippen LogP contribution in [0.25, 0.3) is 76.0 Å². The van der Waals surface area contributed by atoms with Gasteiger partial charge >= 0.3 is 0 Å². The Morgan fingerprint density at radius 3 is 2.10 bits per heavy atom. The van der Waals surface area contributed by atoms with Crippen molar-refractivity contribution in [3.63, 3.8) is 0 Å². The van der Waals surface area contributed by atoms with Crippen LogP contribution >= 0.6 is 11.3 Å². The van der Waals surface area contributed by atoms with Crippen molar-refractivity contribution in [1.82, 2.24) is 23.9 Å². The van der Waals surface area contributed by atoms with E-state index < -0.39 is 0 Å². The standard InChI is InChI=1S/C34H19N5OS/c40-32-23-14-6-9-17-26(23)39-28-19-18-27-29(31(28)41-34(39)37-32)22-13-5-8-16-25(22)38(27)33-35-24-15-7-4-12-21(24)30(36-33)20-10-2-1-3-11-20/h1-19H. The fourth-order valence-corrected chi connectivity index (χ4v) is 7.21. The quantitative estimate of drug-likeness (QED) is 0.223. The predicted molar refractivity (Wildman–Crippen MR) is 167 cm³/mol. The van der Waals surface area contributed by atoms with Crippen LogP contribution in [-0.2, 0) is 0 Å². The minimum atomic E-state index is -0.205. The molecule has 0 saturated heterocycles. The average Bonchev–Trinajstić information content (AvgIpc) is 3.56. The van der Waals surface area contributed by atoms with E-state index in [0.717, 1.165) is 59.7 Å². The smallest absolute Gasteiger partial charge is 0.281 e. The second kappa shape index (κ2) is 8.30. The summed E-state index contributed by atoms with van der Waals surface area (Å²) in [5, 5.41) is 3.83. The van der Waals surface area contributed by atoms with Crippen molar-refractivity contribution in [1.29, 1.82) is 0 Å². The van der Waals surface area contributed by atoms with Gasteiger partial charge in [0, 0.05) is 21.7 Å². The molecule has 41 heavy (non-hydrogen) atoms. The van der Waals surface area contributed by atoms with Gasteiger partial charge in [-0.1, -0.05) is 90.2 Å². The highest BCUT2D eigenvalue weighted by Crippen LogP contribution is 2.40. The first-order valence-electron chi connectivity index (χ1n) is 13.3. The van der Waals surface area contributed by atoms with Gasteiger partial charge < -0.3 is 0 Å². The van der Waals surface area contributed by atoms with Gasteiger partial charge in [-0.3, -0.25) is 13.8 Å². The molecule has 0 N–H and O–H groups in total. The number of hydrogen-bond donors (Lipinski definition) is 0. The van der Waals surface area contributed by atoms with Crippen molar-refractivity contribution < 1.29 is 0 Å². The maximum atomic E-state index is 12.9. The minimum absolute atomic E-state index is 0.205. The van der Waals surface area contributed by atoms with Crippen LogP contribution in [0.2, 0.25) is 0 Å². The molecule has 5 aromatic carbocycles. The zero-order chi connectivity index (χ0) is 27.1. The molecule has 0 aliphatic carbocycles. The Hall–Kier alpha value is -5.40. The highest BCUT2D eigenvalue weighted by Gasteiger charge is 2.21. The number of aromatic nitrogens is 5. The monoisotopic (exact) mass is 545 g/mol. The van der Waals surface area contributed by atoms with Crippen LogP contribution in [0.1, 0.15) is 0 Å². The van der Waals surface area contributed by atoms with Crippen LogP contribution in [-0.4, -0.2) is 23.9 Å². The van der Waals surface area contributed by atoms with Crippen molar-refractivity contribution in [2.75, 3.05) is 0 Å². The third kappa shape index (κ3) is 3.12. The topological polar surface area (TPSA) is 65.1 Å². The molecule has 7 heteroatoms. The highest BCUT2D eigenvalue weighted by atomic mass is 32.1. The maximum absolute atomic E-state index is 12.9. The van der Waals surface area contributed by atoms with Crippen molar-refractivity contribution in [3.05, 3.63) is 126 Å². The summed E-state index contributed by atoms with van der Waals surface area (Å²) in [4.78, 5) is 28.3. The molecule has 9 rings (SSSR count). The van der Waals surface area contributed by atoms with Gasteiger partial charge in [-0.2, -0.15) is 4.98 Å². The number of para-hydroxylation sites is 3. The van der Waals surface area contributed by atoms with Crippen molar-refractivity contribution >= 4 is 70.1 Å². The van der Waals surface area contributed by atoms with Crippen LogP contribution in [0.3, 0.4) is 0 Å². The van der Waals surface area contributed by atoms with E-state index in [4.69, 9.17) is 9.97 Å². The molecule has 0 amide bonds. The lowest BCUT2D eigenvalue weighted by Gasteiger charge is -2.11. The fourth-order valence-electron chi connectivity index (χ4n) is 6.04. The van der Waals surface area contributed by atoms with E-state index in [0.29, 0.717) is 16.3 Å². The van der Waals surface area contributed by atoms with Gasteiger partial charge in [-0.25, -0.2) is 9.97 Å². The molecule has 0 saturated carbocycles. The summed E-state index contributed by atoms with van der Waals surface area (Å²) in [5.74, 6) is 0.618.